The van der Waals surface area contributed by atoms with Crippen molar-refractivity contribution in [2.45, 2.75) is 61.9 Å². The van der Waals surface area contributed by atoms with Gasteiger partial charge in [0.15, 0.2) is 10.0 Å². The number of amides is 1. The lowest BCUT2D eigenvalue weighted by molar-refractivity contribution is -0.117. The van der Waals surface area contributed by atoms with E-state index < -0.39 is 12.1 Å². The van der Waals surface area contributed by atoms with Crippen molar-refractivity contribution >= 4 is 40.7 Å². The maximum absolute atomic E-state index is 12.5. The van der Waals surface area contributed by atoms with Gasteiger partial charge in [0, 0.05) is 29.3 Å². The van der Waals surface area contributed by atoms with Crippen molar-refractivity contribution in [3.63, 3.8) is 0 Å². The number of benzene rings is 1. The van der Waals surface area contributed by atoms with E-state index in [0.717, 1.165) is 43.4 Å². The molecule has 0 aliphatic carbocycles. The molecular formula is C21H26N2O4S2. The van der Waals surface area contributed by atoms with E-state index in [0.29, 0.717) is 16.5 Å². The largest absolute Gasteiger partial charge is 0.476 e. The molecule has 2 atom stereocenters. The molecule has 0 radical (unpaired) electrons. The minimum Gasteiger partial charge on any atom is -0.476 e. The zero-order chi connectivity index (χ0) is 20.8. The standard InChI is InChI=1S/C21H26N2O4S2/c1-2-3-4-5-18(24)14-6-8-15(9-7-14)23-16(10-11-19(23)25)12-28-21-22-17(13-29-21)20(26)27/h6-9,13,16,18,24H,2-5,10-12H2,1H3,(H,26,27)/t16-,18?/m1/s1. The van der Waals surface area contributed by atoms with E-state index in [1.807, 2.05) is 29.2 Å². The van der Waals surface area contributed by atoms with Crippen molar-refractivity contribution in [1.82, 2.24) is 4.98 Å². The Hall–Kier alpha value is -1.90. The first-order valence-electron chi connectivity index (χ1n) is 9.91. The van der Waals surface area contributed by atoms with Crippen LogP contribution in [0.1, 0.15) is 67.6 Å². The summed E-state index contributed by atoms with van der Waals surface area (Å²) < 4.78 is 0.701. The highest BCUT2D eigenvalue weighted by atomic mass is 32.2. The lowest BCUT2D eigenvalue weighted by Gasteiger charge is -2.25. The zero-order valence-electron chi connectivity index (χ0n) is 16.4. The van der Waals surface area contributed by atoms with Crippen LogP contribution >= 0.6 is 23.1 Å². The Morgan fingerprint density at radius 3 is 2.76 bits per heavy atom. The number of carboxylic acids is 1. The molecule has 0 spiro atoms. The van der Waals surface area contributed by atoms with Gasteiger partial charge in [-0.2, -0.15) is 0 Å². The number of aliphatic hydroxyl groups is 1. The van der Waals surface area contributed by atoms with Crippen molar-refractivity contribution in [2.24, 2.45) is 0 Å². The number of anilines is 1. The van der Waals surface area contributed by atoms with Crippen LogP contribution in [-0.4, -0.2) is 38.9 Å². The first-order valence-corrected chi connectivity index (χ1v) is 11.8. The second kappa shape index (κ2) is 10.2. The molecule has 6 nitrogen and oxygen atoms in total. The number of thioether (sulfide) groups is 1. The van der Waals surface area contributed by atoms with Gasteiger partial charge >= 0.3 is 5.97 Å². The van der Waals surface area contributed by atoms with E-state index in [1.54, 1.807) is 0 Å². The molecule has 156 valence electrons. The summed E-state index contributed by atoms with van der Waals surface area (Å²) in [6.07, 6.45) is 4.80. The Kier molecular flexibility index (Phi) is 7.69. The van der Waals surface area contributed by atoms with Crippen molar-refractivity contribution in [3.05, 3.63) is 40.9 Å². The molecule has 0 bridgehead atoms. The predicted molar refractivity (Wildman–Crippen MR) is 116 cm³/mol. The van der Waals surface area contributed by atoms with Crippen LogP contribution in [0.4, 0.5) is 5.69 Å². The number of aromatic carboxylic acids is 1. The number of hydrogen-bond donors (Lipinski definition) is 2. The number of carbonyl (C=O) groups excluding carboxylic acids is 1. The molecule has 0 saturated carbocycles. The van der Waals surface area contributed by atoms with E-state index >= 15 is 0 Å². The smallest absolute Gasteiger partial charge is 0.355 e. The van der Waals surface area contributed by atoms with Crippen LogP contribution in [0.3, 0.4) is 0 Å². The number of nitrogens with zero attached hydrogens (tertiary/aromatic N) is 2. The van der Waals surface area contributed by atoms with Crippen LogP contribution < -0.4 is 4.90 Å². The second-order valence-corrected chi connectivity index (χ2v) is 9.30. The van der Waals surface area contributed by atoms with Crippen LogP contribution in [0.15, 0.2) is 34.0 Å². The lowest BCUT2D eigenvalue weighted by Crippen LogP contribution is -2.34. The summed E-state index contributed by atoms with van der Waals surface area (Å²) in [5.41, 5.74) is 1.78. The molecule has 1 aliphatic heterocycles. The minimum absolute atomic E-state index is 0.0463. The van der Waals surface area contributed by atoms with E-state index in [9.17, 15) is 14.7 Å². The van der Waals surface area contributed by atoms with Crippen molar-refractivity contribution < 1.29 is 19.8 Å². The molecule has 1 aliphatic rings. The monoisotopic (exact) mass is 434 g/mol. The fraction of sp³-hybridized carbons (Fsp3) is 0.476. The second-order valence-electron chi connectivity index (χ2n) is 7.17. The van der Waals surface area contributed by atoms with Crippen LogP contribution in [0.5, 0.6) is 0 Å². The average Bonchev–Trinajstić information content (AvgIpc) is 3.33. The summed E-state index contributed by atoms with van der Waals surface area (Å²) in [7, 11) is 0. The number of rotatable bonds is 10. The average molecular weight is 435 g/mol. The summed E-state index contributed by atoms with van der Waals surface area (Å²) >= 11 is 2.80. The number of unbranched alkanes of at least 4 members (excludes halogenated alkanes) is 2. The van der Waals surface area contributed by atoms with Crippen LogP contribution in [-0.2, 0) is 4.79 Å². The Bertz CT molecular complexity index is 837. The SMILES string of the molecule is CCCCCC(O)c1ccc(N2C(=O)CC[C@@H]2CSc2nc(C(=O)O)cs2)cc1. The number of thiazole rings is 1. The summed E-state index contributed by atoms with van der Waals surface area (Å²) in [5.74, 6) is -0.264. The molecule has 1 saturated heterocycles. The van der Waals surface area contributed by atoms with Crippen molar-refractivity contribution in [2.75, 3.05) is 10.7 Å². The Morgan fingerprint density at radius 2 is 2.10 bits per heavy atom. The normalized spacial score (nSPS) is 17.7. The highest BCUT2D eigenvalue weighted by Crippen LogP contribution is 2.33. The molecule has 3 rings (SSSR count). The highest BCUT2D eigenvalue weighted by molar-refractivity contribution is 8.01. The van der Waals surface area contributed by atoms with Gasteiger partial charge in [0.1, 0.15) is 0 Å². The molecule has 1 aromatic carbocycles. The van der Waals surface area contributed by atoms with Gasteiger partial charge in [0.25, 0.3) is 0 Å². The molecule has 2 heterocycles. The zero-order valence-corrected chi connectivity index (χ0v) is 18.0. The van der Waals surface area contributed by atoms with Gasteiger partial charge in [-0.25, -0.2) is 9.78 Å². The van der Waals surface area contributed by atoms with Crippen LogP contribution in [0.2, 0.25) is 0 Å². The van der Waals surface area contributed by atoms with Crippen molar-refractivity contribution in [3.8, 4) is 0 Å². The molecule has 2 N–H and O–H groups in total. The fourth-order valence-corrected chi connectivity index (χ4v) is 5.41. The summed E-state index contributed by atoms with van der Waals surface area (Å²) in [4.78, 5) is 29.4. The van der Waals surface area contributed by atoms with Crippen LogP contribution in [0, 0.1) is 0 Å². The van der Waals surface area contributed by atoms with Gasteiger partial charge in [0.2, 0.25) is 5.91 Å². The molecule has 8 heteroatoms. The quantitative estimate of drug-likeness (QED) is 0.414. The number of carbonyl (C=O) groups is 2. The Labute approximate surface area is 179 Å². The van der Waals surface area contributed by atoms with Gasteiger partial charge < -0.3 is 15.1 Å². The molecule has 1 aromatic heterocycles. The maximum atomic E-state index is 12.5. The lowest BCUT2D eigenvalue weighted by atomic mass is 10.0. The summed E-state index contributed by atoms with van der Waals surface area (Å²) in [5, 5.41) is 20.9. The molecule has 2 aromatic rings. The highest BCUT2D eigenvalue weighted by Gasteiger charge is 2.32. The van der Waals surface area contributed by atoms with E-state index in [2.05, 4.69) is 11.9 Å². The van der Waals surface area contributed by atoms with Gasteiger partial charge in [-0.15, -0.1) is 11.3 Å². The molecule has 1 unspecified atom stereocenters. The summed E-state index contributed by atoms with van der Waals surface area (Å²) in [6.45, 7) is 2.14. The van der Waals surface area contributed by atoms with E-state index in [4.69, 9.17) is 5.11 Å². The third kappa shape index (κ3) is 5.58. The number of aromatic nitrogens is 1. The third-order valence-corrected chi connectivity index (χ3v) is 7.23. The number of carboxylic acid groups (broad SMARTS) is 1. The van der Waals surface area contributed by atoms with Crippen molar-refractivity contribution in [1.29, 1.82) is 0 Å². The molecule has 1 fully saturated rings. The predicted octanol–water partition coefficient (Wildman–Crippen LogP) is 4.74. The number of aliphatic hydroxyl groups excluding tert-OH is 1. The van der Waals surface area contributed by atoms with Gasteiger partial charge in [-0.3, -0.25) is 4.79 Å². The number of hydrogen-bond acceptors (Lipinski definition) is 6. The van der Waals surface area contributed by atoms with Gasteiger partial charge in [-0.05, 0) is 30.5 Å². The first kappa shape index (κ1) is 21.8. The third-order valence-electron chi connectivity index (χ3n) is 5.06. The summed E-state index contributed by atoms with van der Waals surface area (Å²) in [6, 6.07) is 7.67. The molecular weight excluding hydrogens is 408 g/mol. The molecule has 1 amide bonds. The Balaban J connectivity index is 1.62. The van der Waals surface area contributed by atoms with Crippen LogP contribution in [0.25, 0.3) is 0 Å². The Morgan fingerprint density at radius 1 is 1.34 bits per heavy atom. The van der Waals surface area contributed by atoms with Gasteiger partial charge in [-0.1, -0.05) is 50.1 Å². The van der Waals surface area contributed by atoms with Gasteiger partial charge in [0.05, 0.1) is 6.10 Å². The minimum atomic E-state index is -1.03. The van der Waals surface area contributed by atoms with E-state index in [-0.39, 0.29) is 17.6 Å². The molecule has 29 heavy (non-hydrogen) atoms. The fourth-order valence-electron chi connectivity index (χ4n) is 3.46. The van der Waals surface area contributed by atoms with E-state index in [1.165, 1.54) is 28.5 Å². The maximum Gasteiger partial charge on any atom is 0.355 e. The topological polar surface area (TPSA) is 90.7 Å². The first-order chi connectivity index (χ1) is 14.0.